The van der Waals surface area contributed by atoms with Gasteiger partial charge in [-0.3, -0.25) is 10.1 Å². The van der Waals surface area contributed by atoms with Crippen molar-refractivity contribution in [1.82, 2.24) is 0 Å². The first-order valence-electron chi connectivity index (χ1n) is 4.98. The van der Waals surface area contributed by atoms with E-state index in [0.29, 0.717) is 17.3 Å². The molecule has 18 heavy (non-hydrogen) atoms. The number of nitrogens with one attached hydrogen (secondary N) is 1. The number of thiophene rings is 1. The van der Waals surface area contributed by atoms with E-state index in [9.17, 15) is 10.1 Å². The summed E-state index contributed by atoms with van der Waals surface area (Å²) in [6.07, 6.45) is 0. The number of anilines is 1. The van der Waals surface area contributed by atoms with Crippen LogP contribution in [0.25, 0.3) is 0 Å². The Balaban J connectivity index is 2.13. The van der Waals surface area contributed by atoms with E-state index in [1.807, 2.05) is 12.1 Å². The molecule has 2 aromatic rings. The Kier molecular flexibility index (Phi) is 4.21. The lowest BCUT2D eigenvalue weighted by molar-refractivity contribution is -0.384. The van der Waals surface area contributed by atoms with E-state index < -0.39 is 4.92 Å². The van der Waals surface area contributed by atoms with Crippen LogP contribution in [0.1, 0.15) is 4.88 Å². The molecule has 0 aliphatic heterocycles. The molecular weight excluding hydrogens is 340 g/mol. The molecule has 0 saturated heterocycles. The zero-order valence-corrected chi connectivity index (χ0v) is 12.2. The fraction of sp³-hybridized carbons (Fsp3) is 0.0909. The predicted octanol–water partition coefficient (Wildman–Crippen LogP) is 4.68. The summed E-state index contributed by atoms with van der Waals surface area (Å²) in [5.41, 5.74) is 0.588. The second kappa shape index (κ2) is 5.69. The van der Waals surface area contributed by atoms with Crippen LogP contribution in [0.5, 0.6) is 0 Å². The summed E-state index contributed by atoms with van der Waals surface area (Å²) in [5.74, 6) is 0. The Labute approximate surface area is 121 Å². The lowest BCUT2D eigenvalue weighted by Gasteiger charge is -2.06. The average Bonchev–Trinajstić information content (AvgIpc) is 2.74. The van der Waals surface area contributed by atoms with Crippen LogP contribution in [0, 0.1) is 10.1 Å². The van der Waals surface area contributed by atoms with Gasteiger partial charge in [-0.25, -0.2) is 0 Å². The van der Waals surface area contributed by atoms with Gasteiger partial charge < -0.3 is 5.32 Å². The minimum Gasteiger partial charge on any atom is -0.379 e. The molecule has 0 aliphatic rings. The summed E-state index contributed by atoms with van der Waals surface area (Å²) in [6, 6.07) is 8.27. The van der Waals surface area contributed by atoms with Crippen LogP contribution < -0.4 is 5.32 Å². The van der Waals surface area contributed by atoms with Gasteiger partial charge in [-0.2, -0.15) is 0 Å². The Morgan fingerprint density at radius 3 is 2.78 bits per heavy atom. The van der Waals surface area contributed by atoms with Crippen molar-refractivity contribution in [3.8, 4) is 0 Å². The molecule has 0 unspecified atom stereocenters. The molecule has 94 valence electrons. The highest BCUT2D eigenvalue weighted by Crippen LogP contribution is 2.28. The highest BCUT2D eigenvalue weighted by atomic mass is 79.9. The zero-order valence-electron chi connectivity index (χ0n) is 9.02. The first kappa shape index (κ1) is 13.3. The smallest absolute Gasteiger partial charge is 0.271 e. The maximum absolute atomic E-state index is 10.7. The van der Waals surface area contributed by atoms with Gasteiger partial charge >= 0.3 is 0 Å². The molecule has 4 nitrogen and oxygen atoms in total. The predicted molar refractivity (Wildman–Crippen MR) is 77.5 cm³/mol. The number of nitro benzene ring substituents is 1. The Morgan fingerprint density at radius 1 is 1.39 bits per heavy atom. The number of hydrogen-bond donors (Lipinski definition) is 1. The number of nitro groups is 1. The second-order valence-electron chi connectivity index (χ2n) is 3.48. The van der Waals surface area contributed by atoms with Gasteiger partial charge in [0.1, 0.15) is 0 Å². The van der Waals surface area contributed by atoms with Crippen molar-refractivity contribution in [2.24, 2.45) is 0 Å². The van der Waals surface area contributed by atoms with E-state index in [-0.39, 0.29) is 5.69 Å². The summed E-state index contributed by atoms with van der Waals surface area (Å²) in [4.78, 5) is 11.3. The molecule has 7 heteroatoms. The third-order valence-corrected chi connectivity index (χ3v) is 4.20. The fourth-order valence-electron chi connectivity index (χ4n) is 1.39. The van der Waals surface area contributed by atoms with E-state index >= 15 is 0 Å². The van der Waals surface area contributed by atoms with Crippen molar-refractivity contribution in [2.45, 2.75) is 6.54 Å². The monoisotopic (exact) mass is 346 g/mol. The first-order valence-corrected chi connectivity index (χ1v) is 6.97. The average molecular weight is 348 g/mol. The lowest BCUT2D eigenvalue weighted by atomic mass is 10.2. The third kappa shape index (κ3) is 3.22. The minimum atomic E-state index is -0.441. The molecule has 1 aromatic heterocycles. The molecule has 0 radical (unpaired) electrons. The SMILES string of the molecule is O=[N+]([O-])c1ccc(Cl)c(NCc2ccc(Br)s2)c1. The van der Waals surface area contributed by atoms with Gasteiger partial charge in [0.15, 0.2) is 0 Å². The van der Waals surface area contributed by atoms with Crippen LogP contribution in [0.4, 0.5) is 11.4 Å². The summed E-state index contributed by atoms with van der Waals surface area (Å²) >= 11 is 11.0. The van der Waals surface area contributed by atoms with Crippen LogP contribution in [-0.2, 0) is 6.54 Å². The minimum absolute atomic E-state index is 0.0225. The maximum Gasteiger partial charge on any atom is 0.271 e. The summed E-state index contributed by atoms with van der Waals surface area (Å²) < 4.78 is 1.05. The highest BCUT2D eigenvalue weighted by molar-refractivity contribution is 9.11. The Morgan fingerprint density at radius 2 is 2.17 bits per heavy atom. The highest BCUT2D eigenvalue weighted by Gasteiger charge is 2.09. The maximum atomic E-state index is 10.7. The number of rotatable bonds is 4. The van der Waals surface area contributed by atoms with Gasteiger partial charge in [0.2, 0.25) is 0 Å². The molecule has 0 spiro atoms. The van der Waals surface area contributed by atoms with E-state index in [2.05, 4.69) is 21.2 Å². The molecule has 2 rings (SSSR count). The van der Waals surface area contributed by atoms with Crippen molar-refractivity contribution >= 4 is 50.2 Å². The molecule has 1 N–H and O–H groups in total. The van der Waals surface area contributed by atoms with Gasteiger partial charge in [0.05, 0.1) is 19.4 Å². The van der Waals surface area contributed by atoms with Crippen LogP contribution >= 0.6 is 38.9 Å². The molecular formula is C11H8BrClN2O2S. The van der Waals surface area contributed by atoms with Gasteiger partial charge in [-0.15, -0.1) is 11.3 Å². The molecule has 1 heterocycles. The number of non-ortho nitro benzene ring substituents is 1. The van der Waals surface area contributed by atoms with Crippen molar-refractivity contribution in [3.05, 3.63) is 54.1 Å². The number of benzene rings is 1. The van der Waals surface area contributed by atoms with E-state index in [4.69, 9.17) is 11.6 Å². The van der Waals surface area contributed by atoms with Crippen LogP contribution in [-0.4, -0.2) is 4.92 Å². The number of hydrogen-bond acceptors (Lipinski definition) is 4. The Bertz CT molecular complexity index is 588. The third-order valence-electron chi connectivity index (χ3n) is 2.24. The molecule has 0 saturated carbocycles. The first-order chi connectivity index (χ1) is 8.56. The summed E-state index contributed by atoms with van der Waals surface area (Å²) in [6.45, 7) is 0.581. The van der Waals surface area contributed by atoms with Crippen LogP contribution in [0.3, 0.4) is 0 Å². The van der Waals surface area contributed by atoms with Crippen LogP contribution in [0.15, 0.2) is 34.1 Å². The zero-order chi connectivity index (χ0) is 13.1. The quantitative estimate of drug-likeness (QED) is 0.645. The van der Waals surface area contributed by atoms with Gasteiger partial charge in [0.25, 0.3) is 5.69 Å². The van der Waals surface area contributed by atoms with Crippen molar-refractivity contribution in [1.29, 1.82) is 0 Å². The van der Waals surface area contributed by atoms with Gasteiger partial charge in [-0.05, 0) is 34.1 Å². The summed E-state index contributed by atoms with van der Waals surface area (Å²) in [7, 11) is 0. The largest absolute Gasteiger partial charge is 0.379 e. The van der Waals surface area contributed by atoms with Crippen molar-refractivity contribution in [2.75, 3.05) is 5.32 Å². The van der Waals surface area contributed by atoms with Gasteiger partial charge in [-0.1, -0.05) is 11.6 Å². The summed E-state index contributed by atoms with van der Waals surface area (Å²) in [5, 5.41) is 14.2. The van der Waals surface area contributed by atoms with Crippen LogP contribution in [0.2, 0.25) is 5.02 Å². The van der Waals surface area contributed by atoms with E-state index in [1.54, 1.807) is 11.3 Å². The van der Waals surface area contributed by atoms with Crippen molar-refractivity contribution in [3.63, 3.8) is 0 Å². The number of halogens is 2. The topological polar surface area (TPSA) is 55.2 Å². The van der Waals surface area contributed by atoms with E-state index in [1.165, 1.54) is 18.2 Å². The second-order valence-corrected chi connectivity index (χ2v) is 6.44. The molecule has 0 amide bonds. The molecule has 0 fully saturated rings. The standard InChI is InChI=1S/C11H8BrClN2O2S/c12-11-4-2-8(18-11)6-14-10-5-7(15(16)17)1-3-9(10)13/h1-5,14H,6H2. The Hall–Kier alpha value is -1.11. The molecule has 0 bridgehead atoms. The normalized spacial score (nSPS) is 10.3. The van der Waals surface area contributed by atoms with E-state index in [0.717, 1.165) is 8.66 Å². The molecule has 0 aliphatic carbocycles. The lowest BCUT2D eigenvalue weighted by Crippen LogP contribution is -1.99. The number of nitrogens with zero attached hydrogens (tertiary/aromatic N) is 1. The van der Waals surface area contributed by atoms with Crippen molar-refractivity contribution < 1.29 is 4.92 Å². The fourth-order valence-corrected chi connectivity index (χ4v) is 3.00. The molecule has 0 atom stereocenters. The molecule has 1 aromatic carbocycles. The van der Waals surface area contributed by atoms with Gasteiger partial charge in [0, 0.05) is 23.6 Å².